The Morgan fingerprint density at radius 1 is 1.31 bits per heavy atom. The Morgan fingerprint density at radius 3 is 2.65 bits per heavy atom. The fraction of sp³-hybridized carbons (Fsp3) is 0.526. The molecule has 1 aromatic rings. The zero-order chi connectivity index (χ0) is 18.5. The third-order valence-electron chi connectivity index (χ3n) is 3.61. The Bertz CT molecular complexity index is 556. The van der Waals surface area contributed by atoms with Gasteiger partial charge in [-0.15, -0.1) is 30.6 Å². The van der Waals surface area contributed by atoms with Crippen molar-refractivity contribution in [3.8, 4) is 11.5 Å². The molecule has 0 radical (unpaired) electrons. The van der Waals surface area contributed by atoms with Gasteiger partial charge in [0.2, 0.25) is 0 Å². The molecule has 0 unspecified atom stereocenters. The summed E-state index contributed by atoms with van der Waals surface area (Å²) in [6, 6.07) is 6.05. The summed E-state index contributed by atoms with van der Waals surface area (Å²) in [5.74, 6) is 4.45. The first kappa shape index (κ1) is 24.9. The molecule has 5 nitrogen and oxygen atoms in total. The van der Waals surface area contributed by atoms with Crippen molar-refractivity contribution >= 4 is 41.7 Å². The SMILES string of the molecule is C=CCSCCN=C(NCC)N(C)CCc1ccc(OC)c(OC)c1.I. The average Bonchev–Trinajstić information content (AvgIpc) is 2.64. The van der Waals surface area contributed by atoms with Crippen molar-refractivity contribution in [1.29, 1.82) is 0 Å². The van der Waals surface area contributed by atoms with E-state index in [4.69, 9.17) is 14.5 Å². The first-order valence-corrected chi connectivity index (χ1v) is 9.70. The van der Waals surface area contributed by atoms with Crippen molar-refractivity contribution < 1.29 is 9.47 Å². The highest BCUT2D eigenvalue weighted by atomic mass is 127. The van der Waals surface area contributed by atoms with Crippen molar-refractivity contribution in [2.75, 3.05) is 52.4 Å². The summed E-state index contributed by atoms with van der Waals surface area (Å²) >= 11 is 1.85. The lowest BCUT2D eigenvalue weighted by Gasteiger charge is -2.22. The van der Waals surface area contributed by atoms with Crippen LogP contribution in [0.4, 0.5) is 0 Å². The number of methoxy groups -OCH3 is 2. The molecule has 0 fully saturated rings. The molecule has 1 rings (SSSR count). The van der Waals surface area contributed by atoms with Crippen LogP contribution >= 0.6 is 35.7 Å². The quantitative estimate of drug-likeness (QED) is 0.168. The molecule has 0 saturated heterocycles. The standard InChI is InChI=1S/C19H31N3O2S.HI/c1-6-13-25-14-11-21-19(20-7-2)22(3)12-10-16-8-9-17(23-4)18(15-16)24-5;/h6,8-9,15H,1,7,10-14H2,2-5H3,(H,20,21);1H. The van der Waals surface area contributed by atoms with Crippen LogP contribution in [0.1, 0.15) is 12.5 Å². The summed E-state index contributed by atoms with van der Waals surface area (Å²) < 4.78 is 10.7. The smallest absolute Gasteiger partial charge is 0.193 e. The predicted octanol–water partition coefficient (Wildman–Crippen LogP) is 3.68. The van der Waals surface area contributed by atoms with E-state index in [1.54, 1.807) is 14.2 Å². The lowest BCUT2D eigenvalue weighted by atomic mass is 10.1. The zero-order valence-electron chi connectivity index (χ0n) is 16.3. The number of thioether (sulfide) groups is 1. The zero-order valence-corrected chi connectivity index (χ0v) is 19.4. The van der Waals surface area contributed by atoms with Crippen LogP contribution in [0.5, 0.6) is 11.5 Å². The maximum atomic E-state index is 5.37. The van der Waals surface area contributed by atoms with E-state index in [-0.39, 0.29) is 24.0 Å². The first-order valence-electron chi connectivity index (χ1n) is 8.55. The fourth-order valence-corrected chi connectivity index (χ4v) is 2.85. The molecule has 0 atom stereocenters. The molecule has 1 N–H and O–H groups in total. The summed E-state index contributed by atoms with van der Waals surface area (Å²) in [6.45, 7) is 8.36. The highest BCUT2D eigenvalue weighted by Gasteiger charge is 2.08. The van der Waals surface area contributed by atoms with Crippen molar-refractivity contribution in [3.05, 3.63) is 36.4 Å². The van der Waals surface area contributed by atoms with Gasteiger partial charge in [-0.05, 0) is 31.0 Å². The number of benzene rings is 1. The number of hydrogen-bond donors (Lipinski definition) is 1. The van der Waals surface area contributed by atoms with Gasteiger partial charge in [0.1, 0.15) is 0 Å². The number of hydrogen-bond acceptors (Lipinski definition) is 4. The van der Waals surface area contributed by atoms with E-state index < -0.39 is 0 Å². The molecule has 0 aromatic heterocycles. The third-order valence-corrected chi connectivity index (χ3v) is 4.56. The van der Waals surface area contributed by atoms with Crippen LogP contribution in [-0.4, -0.2) is 63.3 Å². The second-order valence-corrected chi connectivity index (χ2v) is 6.61. The summed E-state index contributed by atoms with van der Waals surface area (Å²) in [5, 5.41) is 3.35. The van der Waals surface area contributed by atoms with Gasteiger partial charge >= 0.3 is 0 Å². The molecular weight excluding hydrogens is 461 g/mol. The van der Waals surface area contributed by atoms with E-state index >= 15 is 0 Å². The van der Waals surface area contributed by atoms with Gasteiger partial charge in [-0.25, -0.2) is 0 Å². The normalized spacial score (nSPS) is 10.7. The van der Waals surface area contributed by atoms with Gasteiger partial charge in [0.15, 0.2) is 17.5 Å². The maximum absolute atomic E-state index is 5.37. The molecule has 1 aromatic carbocycles. The van der Waals surface area contributed by atoms with E-state index in [9.17, 15) is 0 Å². The van der Waals surface area contributed by atoms with Crippen LogP contribution in [0.15, 0.2) is 35.8 Å². The second-order valence-electron chi connectivity index (χ2n) is 5.46. The summed E-state index contributed by atoms with van der Waals surface area (Å²) in [7, 11) is 5.38. The summed E-state index contributed by atoms with van der Waals surface area (Å²) in [4.78, 5) is 6.86. The molecule has 148 valence electrons. The number of guanidine groups is 1. The lowest BCUT2D eigenvalue weighted by Crippen LogP contribution is -2.40. The molecule has 0 saturated carbocycles. The van der Waals surface area contributed by atoms with E-state index in [0.717, 1.165) is 55.0 Å². The van der Waals surface area contributed by atoms with E-state index in [1.807, 2.05) is 30.0 Å². The highest BCUT2D eigenvalue weighted by Crippen LogP contribution is 2.27. The van der Waals surface area contributed by atoms with Crippen LogP contribution in [0.3, 0.4) is 0 Å². The largest absolute Gasteiger partial charge is 0.493 e. The minimum atomic E-state index is 0. The molecule has 0 amide bonds. The number of likely N-dealkylation sites (N-methyl/N-ethyl adjacent to an activating group) is 1. The Labute approximate surface area is 179 Å². The second kappa shape index (κ2) is 15.0. The maximum Gasteiger partial charge on any atom is 0.193 e. The number of nitrogens with zero attached hydrogens (tertiary/aromatic N) is 2. The number of aliphatic imine (C=N–C) groups is 1. The Kier molecular flexibility index (Phi) is 14.4. The highest BCUT2D eigenvalue weighted by molar-refractivity contribution is 14.0. The van der Waals surface area contributed by atoms with Gasteiger partial charge in [0.25, 0.3) is 0 Å². The Balaban J connectivity index is 0.00000625. The molecule has 0 aliphatic carbocycles. The van der Waals surface area contributed by atoms with Crippen LogP contribution in [0, 0.1) is 0 Å². The van der Waals surface area contributed by atoms with Crippen molar-refractivity contribution in [1.82, 2.24) is 10.2 Å². The monoisotopic (exact) mass is 493 g/mol. The van der Waals surface area contributed by atoms with E-state index in [1.165, 1.54) is 5.56 Å². The number of rotatable bonds is 11. The van der Waals surface area contributed by atoms with Gasteiger partial charge in [0.05, 0.1) is 20.8 Å². The van der Waals surface area contributed by atoms with Crippen molar-refractivity contribution in [3.63, 3.8) is 0 Å². The predicted molar refractivity (Wildman–Crippen MR) is 125 cm³/mol. The summed E-state index contributed by atoms with van der Waals surface area (Å²) in [6.07, 6.45) is 2.83. The first-order chi connectivity index (χ1) is 12.2. The number of ether oxygens (including phenoxy) is 2. The van der Waals surface area contributed by atoms with Crippen LogP contribution in [0.25, 0.3) is 0 Å². The van der Waals surface area contributed by atoms with Gasteiger partial charge in [-0.2, -0.15) is 11.8 Å². The van der Waals surface area contributed by atoms with Gasteiger partial charge in [-0.1, -0.05) is 12.1 Å². The van der Waals surface area contributed by atoms with Crippen molar-refractivity contribution in [2.45, 2.75) is 13.3 Å². The Morgan fingerprint density at radius 2 is 2.04 bits per heavy atom. The molecule has 0 spiro atoms. The van der Waals surface area contributed by atoms with Crippen LogP contribution < -0.4 is 14.8 Å². The molecular formula is C19H32IN3O2S. The van der Waals surface area contributed by atoms with Gasteiger partial charge < -0.3 is 19.7 Å². The average molecular weight is 493 g/mol. The fourth-order valence-electron chi connectivity index (χ4n) is 2.29. The molecule has 26 heavy (non-hydrogen) atoms. The Hall–Kier alpha value is -1.09. The van der Waals surface area contributed by atoms with Crippen LogP contribution in [0.2, 0.25) is 0 Å². The number of halogens is 1. The summed E-state index contributed by atoms with van der Waals surface area (Å²) in [5.41, 5.74) is 1.21. The van der Waals surface area contributed by atoms with Gasteiger partial charge in [0, 0.05) is 31.6 Å². The van der Waals surface area contributed by atoms with Crippen LogP contribution in [-0.2, 0) is 6.42 Å². The van der Waals surface area contributed by atoms with E-state index in [0.29, 0.717) is 0 Å². The topological polar surface area (TPSA) is 46.1 Å². The molecule has 7 heteroatoms. The minimum absolute atomic E-state index is 0. The van der Waals surface area contributed by atoms with Crippen molar-refractivity contribution in [2.24, 2.45) is 4.99 Å². The molecule has 0 heterocycles. The molecule has 0 aliphatic heterocycles. The third kappa shape index (κ3) is 9.02. The number of nitrogens with one attached hydrogen (secondary N) is 1. The van der Waals surface area contributed by atoms with Gasteiger partial charge in [-0.3, -0.25) is 4.99 Å². The molecule has 0 aliphatic rings. The minimum Gasteiger partial charge on any atom is -0.493 e. The van der Waals surface area contributed by atoms with E-state index in [2.05, 4.69) is 36.8 Å². The lowest BCUT2D eigenvalue weighted by molar-refractivity contribution is 0.354. The molecule has 0 bridgehead atoms.